The van der Waals surface area contributed by atoms with E-state index in [1.54, 1.807) is 24.0 Å². The van der Waals surface area contributed by atoms with Crippen molar-refractivity contribution in [3.05, 3.63) is 66.0 Å². The molecule has 2 aromatic rings. The number of halogens is 1. The number of hydrogen-bond donors (Lipinski definition) is 1. The molecule has 1 N–H and O–H groups in total. The summed E-state index contributed by atoms with van der Waals surface area (Å²) in [5.41, 5.74) is 1.32. The highest BCUT2D eigenvalue weighted by molar-refractivity contribution is 5.88. The van der Waals surface area contributed by atoms with Crippen LogP contribution in [0.15, 0.2) is 54.6 Å². The summed E-state index contributed by atoms with van der Waals surface area (Å²) < 4.78 is 14.0. The van der Waals surface area contributed by atoms with E-state index in [1.165, 1.54) is 6.07 Å². The zero-order valence-corrected chi connectivity index (χ0v) is 15.4. The van der Waals surface area contributed by atoms with Crippen molar-refractivity contribution in [1.82, 2.24) is 10.2 Å². The summed E-state index contributed by atoms with van der Waals surface area (Å²) in [5, 5.41) is 2.83. The van der Waals surface area contributed by atoms with E-state index in [0.717, 1.165) is 5.56 Å². The number of amides is 2. The van der Waals surface area contributed by atoms with Crippen LogP contribution in [0.3, 0.4) is 0 Å². The number of carbonyl (C=O) groups excluding carboxylic acids is 2. The van der Waals surface area contributed by atoms with Gasteiger partial charge in [-0.05, 0) is 17.7 Å². The van der Waals surface area contributed by atoms with Crippen LogP contribution in [0.25, 0.3) is 0 Å². The van der Waals surface area contributed by atoms with Crippen molar-refractivity contribution in [2.75, 3.05) is 31.1 Å². The van der Waals surface area contributed by atoms with Gasteiger partial charge >= 0.3 is 0 Å². The molecule has 1 aliphatic heterocycles. The van der Waals surface area contributed by atoms with Crippen molar-refractivity contribution in [1.29, 1.82) is 0 Å². The van der Waals surface area contributed by atoms with Crippen LogP contribution in [-0.4, -0.2) is 42.9 Å². The van der Waals surface area contributed by atoms with E-state index in [9.17, 15) is 14.0 Å². The van der Waals surface area contributed by atoms with Crippen molar-refractivity contribution in [2.45, 2.75) is 19.4 Å². The summed E-state index contributed by atoms with van der Waals surface area (Å²) in [7, 11) is 0. The van der Waals surface area contributed by atoms with E-state index in [0.29, 0.717) is 38.3 Å². The lowest BCUT2D eigenvalue weighted by Crippen LogP contribution is -2.52. The highest BCUT2D eigenvalue weighted by atomic mass is 19.1. The Hall–Kier alpha value is -2.89. The summed E-state index contributed by atoms with van der Waals surface area (Å²) in [4.78, 5) is 28.7. The zero-order chi connectivity index (χ0) is 19.2. The number of nitrogens with one attached hydrogen (secondary N) is 1. The Labute approximate surface area is 158 Å². The highest BCUT2D eigenvalue weighted by Gasteiger charge is 2.30. The maximum atomic E-state index is 14.0. The minimum absolute atomic E-state index is 0.129. The van der Waals surface area contributed by atoms with Gasteiger partial charge in [-0.15, -0.1) is 0 Å². The van der Waals surface area contributed by atoms with Gasteiger partial charge in [-0.25, -0.2) is 4.39 Å². The monoisotopic (exact) mass is 369 g/mol. The maximum Gasteiger partial charge on any atom is 0.249 e. The van der Waals surface area contributed by atoms with Crippen LogP contribution in [-0.2, 0) is 9.59 Å². The number of nitrogens with zero attached hydrogens (tertiary/aromatic N) is 2. The largest absolute Gasteiger partial charge is 0.366 e. The lowest BCUT2D eigenvalue weighted by molar-refractivity contribution is -0.136. The van der Waals surface area contributed by atoms with Crippen LogP contribution in [0.5, 0.6) is 0 Å². The molecule has 2 amide bonds. The number of rotatable bonds is 5. The smallest absolute Gasteiger partial charge is 0.249 e. The van der Waals surface area contributed by atoms with Gasteiger partial charge in [0.2, 0.25) is 11.8 Å². The molecule has 142 valence electrons. The third-order valence-corrected chi connectivity index (χ3v) is 4.79. The van der Waals surface area contributed by atoms with Crippen molar-refractivity contribution in [3.63, 3.8) is 0 Å². The first kappa shape index (κ1) is 18.9. The standard InChI is InChI=1S/C21H24FN3O2/c1-2-19(26)23-20(16-8-4-3-5-9-16)21(27)25-14-12-24(13-15-25)18-11-7-6-10-17(18)22/h3-11,20H,2,12-15H2,1H3,(H,23,26). The summed E-state index contributed by atoms with van der Waals surface area (Å²) in [6, 6.07) is 15.2. The summed E-state index contributed by atoms with van der Waals surface area (Å²) in [6.07, 6.45) is 0.317. The second kappa shape index (κ2) is 8.66. The minimum atomic E-state index is -0.696. The molecule has 1 atom stereocenters. The molecule has 0 saturated carbocycles. The number of hydrogen-bond acceptors (Lipinski definition) is 3. The Kier molecular flexibility index (Phi) is 6.06. The van der Waals surface area contributed by atoms with E-state index >= 15 is 0 Å². The average molecular weight is 369 g/mol. The van der Waals surface area contributed by atoms with Gasteiger partial charge < -0.3 is 15.1 Å². The van der Waals surface area contributed by atoms with E-state index in [-0.39, 0.29) is 17.6 Å². The van der Waals surface area contributed by atoms with Crippen LogP contribution in [0.4, 0.5) is 10.1 Å². The van der Waals surface area contributed by atoms with Crippen molar-refractivity contribution in [3.8, 4) is 0 Å². The normalized spacial score (nSPS) is 15.3. The van der Waals surface area contributed by atoms with Gasteiger partial charge in [0, 0.05) is 32.6 Å². The Morgan fingerprint density at radius 1 is 1.00 bits per heavy atom. The molecule has 3 rings (SSSR count). The molecule has 6 heteroatoms. The summed E-state index contributed by atoms with van der Waals surface area (Å²) in [6.45, 7) is 3.83. The van der Waals surface area contributed by atoms with Gasteiger partial charge in [0.15, 0.2) is 0 Å². The summed E-state index contributed by atoms with van der Waals surface area (Å²) >= 11 is 0. The predicted molar refractivity (Wildman–Crippen MR) is 103 cm³/mol. The van der Waals surface area contributed by atoms with Gasteiger partial charge in [0.05, 0.1) is 5.69 Å². The van der Waals surface area contributed by atoms with Gasteiger partial charge in [-0.3, -0.25) is 9.59 Å². The van der Waals surface area contributed by atoms with Crippen LogP contribution < -0.4 is 10.2 Å². The Morgan fingerprint density at radius 3 is 2.26 bits per heavy atom. The third kappa shape index (κ3) is 4.45. The molecule has 1 fully saturated rings. The number of anilines is 1. The van der Waals surface area contributed by atoms with E-state index in [1.807, 2.05) is 41.3 Å². The first-order chi connectivity index (χ1) is 13.1. The molecular formula is C21H24FN3O2. The predicted octanol–water partition coefficient (Wildman–Crippen LogP) is 2.74. The molecule has 1 heterocycles. The molecule has 0 aliphatic carbocycles. The average Bonchev–Trinajstić information content (AvgIpc) is 2.72. The van der Waals surface area contributed by atoms with Gasteiger partial charge in [-0.2, -0.15) is 0 Å². The third-order valence-electron chi connectivity index (χ3n) is 4.79. The molecule has 1 aliphatic rings. The van der Waals surface area contributed by atoms with Gasteiger partial charge in [0.1, 0.15) is 11.9 Å². The summed E-state index contributed by atoms with van der Waals surface area (Å²) in [5.74, 6) is -0.548. The fourth-order valence-corrected chi connectivity index (χ4v) is 3.25. The van der Waals surface area contributed by atoms with Gasteiger partial charge in [0.25, 0.3) is 0 Å². The van der Waals surface area contributed by atoms with Crippen molar-refractivity contribution >= 4 is 17.5 Å². The topological polar surface area (TPSA) is 52.7 Å². The minimum Gasteiger partial charge on any atom is -0.366 e. The SMILES string of the molecule is CCC(=O)NC(C(=O)N1CCN(c2ccccc2F)CC1)c1ccccc1. The number of piperazine rings is 1. The van der Waals surface area contributed by atoms with Crippen LogP contribution in [0.1, 0.15) is 24.9 Å². The zero-order valence-electron chi connectivity index (χ0n) is 15.4. The Bertz CT molecular complexity index is 789. The fraction of sp³-hybridized carbons (Fsp3) is 0.333. The fourth-order valence-electron chi connectivity index (χ4n) is 3.25. The van der Waals surface area contributed by atoms with Gasteiger partial charge in [-0.1, -0.05) is 49.4 Å². The molecule has 1 saturated heterocycles. The molecule has 5 nitrogen and oxygen atoms in total. The van der Waals surface area contributed by atoms with Crippen molar-refractivity contribution in [2.24, 2.45) is 0 Å². The molecule has 0 radical (unpaired) electrons. The first-order valence-corrected chi connectivity index (χ1v) is 9.22. The highest BCUT2D eigenvalue weighted by Crippen LogP contribution is 2.22. The Balaban J connectivity index is 1.70. The number of benzene rings is 2. The van der Waals surface area contributed by atoms with Crippen LogP contribution in [0, 0.1) is 5.82 Å². The van der Waals surface area contributed by atoms with Crippen LogP contribution in [0.2, 0.25) is 0 Å². The number of carbonyl (C=O) groups is 2. The van der Waals surface area contributed by atoms with Crippen molar-refractivity contribution < 1.29 is 14.0 Å². The first-order valence-electron chi connectivity index (χ1n) is 9.22. The molecule has 0 aromatic heterocycles. The molecule has 27 heavy (non-hydrogen) atoms. The van der Waals surface area contributed by atoms with Crippen LogP contribution >= 0.6 is 0 Å². The molecule has 0 bridgehead atoms. The molecular weight excluding hydrogens is 345 g/mol. The second-order valence-electron chi connectivity index (χ2n) is 6.53. The van der Waals surface area contributed by atoms with E-state index in [2.05, 4.69) is 5.32 Å². The number of para-hydroxylation sites is 1. The van der Waals surface area contributed by atoms with E-state index < -0.39 is 6.04 Å². The quantitative estimate of drug-likeness (QED) is 0.882. The lowest BCUT2D eigenvalue weighted by Gasteiger charge is -2.37. The Morgan fingerprint density at radius 2 is 1.63 bits per heavy atom. The second-order valence-corrected chi connectivity index (χ2v) is 6.53. The van der Waals surface area contributed by atoms with E-state index in [4.69, 9.17) is 0 Å². The molecule has 2 aromatic carbocycles. The molecule has 0 spiro atoms. The maximum absolute atomic E-state index is 14.0. The molecule has 1 unspecified atom stereocenters. The lowest BCUT2D eigenvalue weighted by atomic mass is 10.0.